The highest BCUT2D eigenvalue weighted by Crippen LogP contribution is 2.31. The fraction of sp³-hybridized carbons (Fsp3) is 0.0500. The number of sulfonamides is 1. The average molecular weight is 486 g/mol. The summed E-state index contributed by atoms with van der Waals surface area (Å²) in [5.41, 5.74) is 0.669. The van der Waals surface area contributed by atoms with Crippen LogP contribution in [0.2, 0.25) is 15.1 Å². The average Bonchev–Trinajstić information content (AvgIpc) is 2.69. The maximum atomic E-state index is 12.9. The summed E-state index contributed by atoms with van der Waals surface area (Å²) in [6.45, 7) is 0. The molecule has 0 saturated carbocycles. The number of carbonyl (C=O) groups excluding carboxylic acids is 1. The fourth-order valence-electron chi connectivity index (χ4n) is 2.60. The van der Waals surface area contributed by atoms with E-state index in [1.165, 1.54) is 49.6 Å². The molecular weight excluding hydrogens is 471 g/mol. The molecule has 0 heterocycles. The third-order valence-electron chi connectivity index (χ3n) is 3.95. The number of para-hydroxylation sites is 1. The van der Waals surface area contributed by atoms with Crippen LogP contribution in [0.3, 0.4) is 0 Å². The topological polar surface area (TPSA) is 84.5 Å². The van der Waals surface area contributed by atoms with Gasteiger partial charge in [-0.05, 0) is 48.5 Å². The van der Waals surface area contributed by atoms with E-state index >= 15 is 0 Å². The highest BCUT2D eigenvalue weighted by molar-refractivity contribution is 7.92. The van der Waals surface area contributed by atoms with E-state index in [0.717, 1.165) is 0 Å². The summed E-state index contributed by atoms with van der Waals surface area (Å²) in [6, 6.07) is 15.0. The summed E-state index contributed by atoms with van der Waals surface area (Å²) in [4.78, 5) is 12.4. The van der Waals surface area contributed by atoms with Gasteiger partial charge in [-0.15, -0.1) is 0 Å². The van der Waals surface area contributed by atoms with Gasteiger partial charge in [0, 0.05) is 21.3 Å². The Bertz CT molecular complexity index is 1200. The quantitative estimate of drug-likeness (QED) is 0.468. The van der Waals surface area contributed by atoms with Gasteiger partial charge in [-0.3, -0.25) is 9.52 Å². The zero-order chi connectivity index (χ0) is 21.9. The SMILES string of the molecule is COc1ccc(NC(=O)c2cc(Cl)cc(Cl)c2)cc1S(=O)(=O)Nc1ccccc1Cl. The molecule has 30 heavy (non-hydrogen) atoms. The van der Waals surface area contributed by atoms with E-state index in [2.05, 4.69) is 10.0 Å². The normalized spacial score (nSPS) is 11.1. The van der Waals surface area contributed by atoms with Crippen LogP contribution in [-0.4, -0.2) is 21.4 Å². The van der Waals surface area contributed by atoms with Crippen LogP contribution in [0.25, 0.3) is 0 Å². The summed E-state index contributed by atoms with van der Waals surface area (Å²) < 4.78 is 33.5. The lowest BCUT2D eigenvalue weighted by atomic mass is 10.2. The molecule has 0 aliphatic carbocycles. The van der Waals surface area contributed by atoms with Crippen molar-refractivity contribution in [1.82, 2.24) is 0 Å². The van der Waals surface area contributed by atoms with Gasteiger partial charge in [-0.1, -0.05) is 46.9 Å². The second-order valence-electron chi connectivity index (χ2n) is 6.06. The minimum atomic E-state index is -4.07. The van der Waals surface area contributed by atoms with Crippen LogP contribution in [-0.2, 0) is 10.0 Å². The van der Waals surface area contributed by atoms with E-state index in [1.54, 1.807) is 18.2 Å². The minimum Gasteiger partial charge on any atom is -0.495 e. The second-order valence-corrected chi connectivity index (χ2v) is 8.99. The van der Waals surface area contributed by atoms with E-state index in [1.807, 2.05) is 0 Å². The van der Waals surface area contributed by atoms with Gasteiger partial charge in [0.1, 0.15) is 10.6 Å². The number of anilines is 2. The highest BCUT2D eigenvalue weighted by Gasteiger charge is 2.22. The summed E-state index contributed by atoms with van der Waals surface area (Å²) in [6.07, 6.45) is 0. The first-order chi connectivity index (χ1) is 14.2. The van der Waals surface area contributed by atoms with Crippen LogP contribution >= 0.6 is 34.8 Å². The van der Waals surface area contributed by atoms with Crippen LogP contribution in [0, 0.1) is 0 Å². The smallest absolute Gasteiger partial charge is 0.265 e. The minimum absolute atomic E-state index is 0.0957. The number of benzene rings is 3. The molecule has 156 valence electrons. The molecule has 1 amide bonds. The van der Waals surface area contributed by atoms with Crippen molar-refractivity contribution in [3.05, 3.63) is 81.3 Å². The number of rotatable bonds is 6. The Balaban J connectivity index is 1.93. The standard InChI is InChI=1S/C20H15Cl3N2O4S/c1-29-18-7-6-15(24-20(26)12-8-13(21)10-14(22)9-12)11-19(18)30(27,28)25-17-5-3-2-4-16(17)23/h2-11,25H,1H3,(H,24,26). The van der Waals surface area contributed by atoms with E-state index in [-0.39, 0.29) is 32.6 Å². The number of carbonyl (C=O) groups is 1. The Labute approximate surface area is 188 Å². The summed E-state index contributed by atoms with van der Waals surface area (Å²) in [5, 5.41) is 3.46. The van der Waals surface area contributed by atoms with Crippen LogP contribution in [0.15, 0.2) is 65.6 Å². The van der Waals surface area contributed by atoms with Gasteiger partial charge in [0.25, 0.3) is 15.9 Å². The molecule has 3 rings (SSSR count). The molecule has 0 aromatic heterocycles. The van der Waals surface area contributed by atoms with Crippen molar-refractivity contribution in [2.24, 2.45) is 0 Å². The molecule has 0 atom stereocenters. The molecule has 0 radical (unpaired) electrons. The van der Waals surface area contributed by atoms with Gasteiger partial charge < -0.3 is 10.1 Å². The van der Waals surface area contributed by atoms with E-state index in [4.69, 9.17) is 39.5 Å². The van der Waals surface area contributed by atoms with Gasteiger partial charge in [0.15, 0.2) is 0 Å². The monoisotopic (exact) mass is 484 g/mol. The molecule has 0 fully saturated rings. The van der Waals surface area contributed by atoms with Gasteiger partial charge in [0.2, 0.25) is 0 Å². The molecule has 3 aromatic carbocycles. The van der Waals surface area contributed by atoms with Crippen molar-refractivity contribution in [3.63, 3.8) is 0 Å². The molecule has 0 saturated heterocycles. The van der Waals surface area contributed by atoms with Gasteiger partial charge >= 0.3 is 0 Å². The molecule has 2 N–H and O–H groups in total. The van der Waals surface area contributed by atoms with Gasteiger partial charge in [0.05, 0.1) is 17.8 Å². The molecule has 0 spiro atoms. The lowest BCUT2D eigenvalue weighted by molar-refractivity contribution is 0.102. The predicted molar refractivity (Wildman–Crippen MR) is 120 cm³/mol. The van der Waals surface area contributed by atoms with Gasteiger partial charge in [-0.25, -0.2) is 8.42 Å². The predicted octanol–water partition coefficient (Wildman–Crippen LogP) is 5.71. The first-order valence-electron chi connectivity index (χ1n) is 8.42. The number of halogens is 3. The summed E-state index contributed by atoms with van der Waals surface area (Å²) in [7, 11) is -2.72. The van der Waals surface area contributed by atoms with Crippen molar-refractivity contribution in [1.29, 1.82) is 0 Å². The van der Waals surface area contributed by atoms with Crippen molar-refractivity contribution >= 4 is 62.1 Å². The summed E-state index contributed by atoms with van der Waals surface area (Å²) in [5.74, 6) is -0.412. The Morgan fingerprint density at radius 3 is 2.23 bits per heavy atom. The van der Waals surface area contributed by atoms with E-state index in [9.17, 15) is 13.2 Å². The third kappa shape index (κ3) is 5.17. The van der Waals surface area contributed by atoms with Crippen LogP contribution in [0.4, 0.5) is 11.4 Å². The molecule has 0 aliphatic rings. The Kier molecular flexibility index (Phi) is 6.77. The number of nitrogens with one attached hydrogen (secondary N) is 2. The number of hydrogen-bond acceptors (Lipinski definition) is 4. The molecule has 0 aliphatic heterocycles. The number of hydrogen-bond donors (Lipinski definition) is 2. The molecular formula is C20H15Cl3N2O4S. The van der Waals surface area contributed by atoms with E-state index < -0.39 is 15.9 Å². The maximum Gasteiger partial charge on any atom is 0.265 e. The van der Waals surface area contributed by atoms with Crippen molar-refractivity contribution in [2.45, 2.75) is 4.90 Å². The Morgan fingerprint density at radius 2 is 1.60 bits per heavy atom. The molecule has 6 nitrogen and oxygen atoms in total. The molecule has 0 bridgehead atoms. The highest BCUT2D eigenvalue weighted by atomic mass is 35.5. The largest absolute Gasteiger partial charge is 0.495 e. The first-order valence-corrected chi connectivity index (χ1v) is 11.0. The van der Waals surface area contributed by atoms with Crippen molar-refractivity contribution in [3.8, 4) is 5.75 Å². The second kappa shape index (κ2) is 9.14. The number of methoxy groups -OCH3 is 1. The number of ether oxygens (including phenoxy) is 1. The first kappa shape index (κ1) is 22.2. The molecule has 0 unspecified atom stereocenters. The Hall–Kier alpha value is -2.45. The zero-order valence-electron chi connectivity index (χ0n) is 15.4. The van der Waals surface area contributed by atoms with Crippen LogP contribution in [0.5, 0.6) is 5.75 Å². The molecule has 3 aromatic rings. The van der Waals surface area contributed by atoms with Crippen molar-refractivity contribution in [2.75, 3.05) is 17.1 Å². The Morgan fingerprint density at radius 1 is 0.933 bits per heavy atom. The van der Waals surface area contributed by atoms with Gasteiger partial charge in [-0.2, -0.15) is 0 Å². The maximum absolute atomic E-state index is 12.9. The van der Waals surface area contributed by atoms with Crippen molar-refractivity contribution < 1.29 is 17.9 Å². The van der Waals surface area contributed by atoms with Crippen LogP contribution < -0.4 is 14.8 Å². The zero-order valence-corrected chi connectivity index (χ0v) is 18.5. The summed E-state index contributed by atoms with van der Waals surface area (Å²) >= 11 is 17.9. The molecule has 10 heteroatoms. The van der Waals surface area contributed by atoms with Crippen LogP contribution in [0.1, 0.15) is 10.4 Å². The fourth-order valence-corrected chi connectivity index (χ4v) is 4.64. The lowest BCUT2D eigenvalue weighted by Crippen LogP contribution is -2.16. The van der Waals surface area contributed by atoms with E-state index in [0.29, 0.717) is 10.0 Å². The third-order valence-corrected chi connectivity index (χ3v) is 6.11. The number of amides is 1. The lowest BCUT2D eigenvalue weighted by Gasteiger charge is -2.14.